The van der Waals surface area contributed by atoms with Crippen molar-refractivity contribution in [2.24, 2.45) is 0 Å². The van der Waals surface area contributed by atoms with E-state index in [9.17, 15) is 9.59 Å². The average molecular weight is 401 g/mol. The number of nitrogens with one attached hydrogen (secondary N) is 1. The first-order valence-electron chi connectivity index (χ1n) is 10.2. The molecule has 152 valence electrons. The summed E-state index contributed by atoms with van der Waals surface area (Å²) >= 11 is 0. The highest BCUT2D eigenvalue weighted by molar-refractivity contribution is 5.94. The van der Waals surface area contributed by atoms with Crippen molar-refractivity contribution in [1.29, 1.82) is 0 Å². The fourth-order valence-electron chi connectivity index (χ4n) is 4.33. The summed E-state index contributed by atoms with van der Waals surface area (Å²) in [4.78, 5) is 30.2. The van der Waals surface area contributed by atoms with Crippen molar-refractivity contribution in [2.45, 2.75) is 25.8 Å². The third kappa shape index (κ3) is 3.12. The van der Waals surface area contributed by atoms with E-state index >= 15 is 0 Å². The molecular weight excluding hydrogens is 378 g/mol. The van der Waals surface area contributed by atoms with Gasteiger partial charge in [-0.05, 0) is 62.2 Å². The van der Waals surface area contributed by atoms with Gasteiger partial charge in [-0.1, -0.05) is 12.1 Å². The molecule has 0 atom stereocenters. The van der Waals surface area contributed by atoms with Gasteiger partial charge in [0.15, 0.2) is 0 Å². The summed E-state index contributed by atoms with van der Waals surface area (Å²) in [6.45, 7) is 3.26. The molecule has 0 bridgehead atoms. The molecule has 1 aliphatic rings. The molecular formula is C23H23N5O2. The standard InChI is InChI=1S/C23H23N5O2/c1-16-10-13-24-28(16)19-8-6-17(7-9-19)22(29)26-14-11-18(12-15-26)27-21-5-3-2-4-20(21)25-23(27)30/h2-10,13,18H,11-12,14-15H2,1H3,(H,25,30). The first-order chi connectivity index (χ1) is 14.6. The van der Waals surface area contributed by atoms with Crippen molar-refractivity contribution in [1.82, 2.24) is 24.2 Å². The number of likely N-dealkylation sites (tertiary alicyclic amines) is 1. The van der Waals surface area contributed by atoms with Crippen LogP contribution >= 0.6 is 0 Å². The Morgan fingerprint density at radius 1 is 1.03 bits per heavy atom. The molecule has 30 heavy (non-hydrogen) atoms. The van der Waals surface area contributed by atoms with Crippen LogP contribution in [0.15, 0.2) is 65.6 Å². The highest BCUT2D eigenvalue weighted by Gasteiger charge is 2.26. The zero-order chi connectivity index (χ0) is 20.7. The predicted molar refractivity (Wildman–Crippen MR) is 115 cm³/mol. The summed E-state index contributed by atoms with van der Waals surface area (Å²) in [5, 5.41) is 4.30. The summed E-state index contributed by atoms with van der Waals surface area (Å²) in [6.07, 6.45) is 3.29. The number of amides is 1. The first kappa shape index (κ1) is 18.4. The third-order valence-electron chi connectivity index (χ3n) is 5.93. The first-order valence-corrected chi connectivity index (χ1v) is 10.2. The minimum Gasteiger partial charge on any atom is -0.338 e. The Balaban J connectivity index is 1.29. The van der Waals surface area contributed by atoms with Crippen LogP contribution in [0.25, 0.3) is 16.7 Å². The van der Waals surface area contributed by atoms with Crippen molar-refractivity contribution in [2.75, 3.05) is 13.1 Å². The molecule has 0 saturated carbocycles. The summed E-state index contributed by atoms with van der Waals surface area (Å²) in [5.74, 6) is 0.0310. The van der Waals surface area contributed by atoms with E-state index in [-0.39, 0.29) is 17.6 Å². The van der Waals surface area contributed by atoms with Crippen LogP contribution < -0.4 is 5.69 Å². The SMILES string of the molecule is Cc1ccnn1-c1ccc(C(=O)N2CCC(n3c(=O)[nH]c4ccccc43)CC2)cc1. The van der Waals surface area contributed by atoms with Crippen molar-refractivity contribution < 1.29 is 4.79 Å². The third-order valence-corrected chi connectivity index (χ3v) is 5.93. The maximum absolute atomic E-state index is 13.0. The quantitative estimate of drug-likeness (QED) is 0.572. The van der Waals surface area contributed by atoms with Crippen LogP contribution in [0.1, 0.15) is 34.9 Å². The smallest absolute Gasteiger partial charge is 0.326 e. The lowest BCUT2D eigenvalue weighted by atomic mass is 10.0. The molecule has 0 unspecified atom stereocenters. The van der Waals surface area contributed by atoms with Gasteiger partial charge < -0.3 is 9.88 Å². The number of H-pyrrole nitrogens is 1. The van der Waals surface area contributed by atoms with E-state index in [1.165, 1.54) is 0 Å². The van der Waals surface area contributed by atoms with Gasteiger partial charge in [-0.25, -0.2) is 9.48 Å². The predicted octanol–water partition coefficient (Wildman–Crippen LogP) is 3.30. The van der Waals surface area contributed by atoms with Crippen molar-refractivity contribution >= 4 is 16.9 Å². The van der Waals surface area contributed by atoms with Gasteiger partial charge in [0.05, 0.1) is 16.7 Å². The van der Waals surface area contributed by atoms with E-state index in [2.05, 4.69) is 10.1 Å². The highest BCUT2D eigenvalue weighted by atomic mass is 16.2. The molecule has 2 aromatic carbocycles. The number of fused-ring (bicyclic) bond motifs is 1. The summed E-state index contributed by atoms with van der Waals surface area (Å²) in [6, 6.07) is 17.3. The zero-order valence-corrected chi connectivity index (χ0v) is 16.8. The largest absolute Gasteiger partial charge is 0.338 e. The van der Waals surface area contributed by atoms with Crippen LogP contribution in [0.2, 0.25) is 0 Å². The Kier molecular flexibility index (Phi) is 4.50. The van der Waals surface area contributed by atoms with E-state index < -0.39 is 0 Å². The number of nitrogens with zero attached hydrogens (tertiary/aromatic N) is 4. The van der Waals surface area contributed by atoms with Gasteiger partial charge in [-0.15, -0.1) is 0 Å². The second kappa shape index (κ2) is 7.33. The van der Waals surface area contributed by atoms with Gasteiger partial charge in [0, 0.05) is 36.6 Å². The molecule has 1 N–H and O–H groups in total. The van der Waals surface area contributed by atoms with Gasteiger partial charge in [0.25, 0.3) is 5.91 Å². The van der Waals surface area contributed by atoms with Gasteiger partial charge in [0.1, 0.15) is 0 Å². The lowest BCUT2D eigenvalue weighted by Crippen LogP contribution is -2.40. The van der Waals surface area contributed by atoms with E-state index in [1.54, 1.807) is 6.20 Å². The maximum atomic E-state index is 13.0. The van der Waals surface area contributed by atoms with E-state index in [0.717, 1.165) is 35.3 Å². The number of aryl methyl sites for hydroxylation is 1. The number of para-hydroxylation sites is 2. The van der Waals surface area contributed by atoms with Crippen molar-refractivity contribution in [3.8, 4) is 5.69 Å². The molecule has 0 radical (unpaired) electrons. The minimum atomic E-state index is -0.0783. The second-order valence-corrected chi connectivity index (χ2v) is 7.77. The number of carbonyl (C=O) groups excluding carboxylic acids is 1. The summed E-state index contributed by atoms with van der Waals surface area (Å²) in [7, 11) is 0. The molecule has 1 amide bonds. The van der Waals surface area contributed by atoms with Crippen molar-refractivity contribution in [3.05, 3.63) is 82.5 Å². The number of rotatable bonds is 3. The fourth-order valence-corrected chi connectivity index (χ4v) is 4.33. The van der Waals surface area contributed by atoms with Crippen LogP contribution in [-0.4, -0.2) is 43.2 Å². The molecule has 1 saturated heterocycles. The molecule has 1 fully saturated rings. The van der Waals surface area contributed by atoms with E-state index in [1.807, 2.05) is 75.7 Å². The zero-order valence-electron chi connectivity index (χ0n) is 16.8. The van der Waals surface area contributed by atoms with Crippen molar-refractivity contribution in [3.63, 3.8) is 0 Å². The molecule has 7 heteroatoms. The second-order valence-electron chi connectivity index (χ2n) is 7.77. The molecule has 5 rings (SSSR count). The molecule has 0 spiro atoms. The highest BCUT2D eigenvalue weighted by Crippen LogP contribution is 2.26. The molecule has 7 nitrogen and oxygen atoms in total. The molecule has 3 heterocycles. The summed E-state index contributed by atoms with van der Waals surface area (Å²) < 4.78 is 3.69. The Bertz CT molecular complexity index is 1260. The van der Waals surface area contributed by atoms with Crippen LogP contribution in [0.4, 0.5) is 0 Å². The molecule has 0 aliphatic carbocycles. The van der Waals surface area contributed by atoms with Crippen LogP contribution in [0.3, 0.4) is 0 Å². The monoisotopic (exact) mass is 401 g/mol. The number of carbonyl (C=O) groups is 1. The fraction of sp³-hybridized carbons (Fsp3) is 0.261. The average Bonchev–Trinajstić information content (AvgIpc) is 3.35. The normalized spacial score (nSPS) is 15.0. The van der Waals surface area contributed by atoms with Gasteiger partial charge in [0.2, 0.25) is 0 Å². The number of hydrogen-bond donors (Lipinski definition) is 1. The van der Waals surface area contributed by atoms with Gasteiger partial charge in [-0.2, -0.15) is 5.10 Å². The van der Waals surface area contributed by atoms with Crippen LogP contribution in [-0.2, 0) is 0 Å². The number of imidazole rings is 1. The Labute approximate surface area is 173 Å². The molecule has 1 aliphatic heterocycles. The van der Waals surface area contributed by atoms with E-state index in [4.69, 9.17) is 0 Å². The van der Waals surface area contributed by atoms with Crippen LogP contribution in [0.5, 0.6) is 0 Å². The Morgan fingerprint density at radius 3 is 2.47 bits per heavy atom. The summed E-state index contributed by atoms with van der Waals surface area (Å²) in [5.41, 5.74) is 4.36. The number of aromatic amines is 1. The number of piperidine rings is 1. The van der Waals surface area contributed by atoms with Gasteiger partial charge >= 0.3 is 5.69 Å². The Hall–Kier alpha value is -3.61. The lowest BCUT2D eigenvalue weighted by molar-refractivity contribution is 0.0695. The van der Waals surface area contributed by atoms with Gasteiger partial charge in [-0.3, -0.25) is 9.36 Å². The molecule has 2 aromatic heterocycles. The number of aromatic nitrogens is 4. The minimum absolute atomic E-state index is 0.0310. The maximum Gasteiger partial charge on any atom is 0.326 e. The lowest BCUT2D eigenvalue weighted by Gasteiger charge is -2.32. The van der Waals surface area contributed by atoms with E-state index in [0.29, 0.717) is 18.7 Å². The van der Waals surface area contributed by atoms with Crippen LogP contribution in [0, 0.1) is 6.92 Å². The topological polar surface area (TPSA) is 75.9 Å². The Morgan fingerprint density at radius 2 is 1.77 bits per heavy atom. The molecule has 4 aromatic rings. The number of hydrogen-bond acceptors (Lipinski definition) is 3. The number of benzene rings is 2.